The van der Waals surface area contributed by atoms with E-state index in [1.807, 2.05) is 12.1 Å². The number of carbonyl (C=O) groups excluding carboxylic acids is 2. The second-order valence-corrected chi connectivity index (χ2v) is 7.48. The van der Waals surface area contributed by atoms with Crippen molar-refractivity contribution < 1.29 is 18.7 Å². The van der Waals surface area contributed by atoms with Crippen molar-refractivity contribution in [3.05, 3.63) is 94.3 Å². The summed E-state index contributed by atoms with van der Waals surface area (Å²) in [7, 11) is 0. The fourth-order valence-corrected chi connectivity index (χ4v) is 3.66. The molecule has 3 aromatic carbocycles. The first-order valence-corrected chi connectivity index (χ1v) is 10.2. The number of fused-ring (bicyclic) bond motifs is 1. The van der Waals surface area contributed by atoms with Crippen molar-refractivity contribution in [1.29, 1.82) is 0 Å². The number of benzene rings is 3. The van der Waals surface area contributed by atoms with E-state index < -0.39 is 11.7 Å². The SMILES string of the molecule is Cc1cccc(C(=O)NCCc2ccc3c(c2)CCO3)c1NC(=O)c1ccccc1F. The van der Waals surface area contributed by atoms with Crippen LogP contribution in [0.2, 0.25) is 0 Å². The maximum Gasteiger partial charge on any atom is 0.258 e. The highest BCUT2D eigenvalue weighted by Gasteiger charge is 2.18. The summed E-state index contributed by atoms with van der Waals surface area (Å²) in [6, 6.07) is 17.0. The normalized spacial score (nSPS) is 12.1. The molecule has 0 aliphatic carbocycles. The van der Waals surface area contributed by atoms with Gasteiger partial charge >= 0.3 is 0 Å². The lowest BCUT2D eigenvalue weighted by molar-refractivity contribution is 0.0955. The smallest absolute Gasteiger partial charge is 0.258 e. The van der Waals surface area contributed by atoms with Gasteiger partial charge in [0.15, 0.2) is 0 Å². The van der Waals surface area contributed by atoms with Gasteiger partial charge in [0.25, 0.3) is 11.8 Å². The van der Waals surface area contributed by atoms with Gasteiger partial charge in [0, 0.05) is 13.0 Å². The lowest BCUT2D eigenvalue weighted by Gasteiger charge is -2.14. The van der Waals surface area contributed by atoms with E-state index in [1.54, 1.807) is 31.2 Å². The maximum atomic E-state index is 14.0. The summed E-state index contributed by atoms with van der Waals surface area (Å²) >= 11 is 0. The third-order valence-corrected chi connectivity index (χ3v) is 5.33. The van der Waals surface area contributed by atoms with E-state index in [4.69, 9.17) is 4.74 Å². The van der Waals surface area contributed by atoms with Crippen LogP contribution in [0.4, 0.5) is 10.1 Å². The van der Waals surface area contributed by atoms with Crippen molar-refractivity contribution in [3.63, 3.8) is 0 Å². The van der Waals surface area contributed by atoms with Crippen LogP contribution in [0.3, 0.4) is 0 Å². The van der Waals surface area contributed by atoms with Crippen LogP contribution in [0.25, 0.3) is 0 Å². The molecular weight excluding hydrogens is 395 g/mol. The van der Waals surface area contributed by atoms with E-state index in [0.717, 1.165) is 23.3 Å². The predicted octanol–water partition coefficient (Wildman–Crippen LogP) is 4.29. The van der Waals surface area contributed by atoms with Gasteiger partial charge in [0.2, 0.25) is 0 Å². The summed E-state index contributed by atoms with van der Waals surface area (Å²) in [4.78, 5) is 25.4. The van der Waals surface area contributed by atoms with Gasteiger partial charge in [-0.05, 0) is 54.3 Å². The Morgan fingerprint density at radius 3 is 2.65 bits per heavy atom. The van der Waals surface area contributed by atoms with E-state index in [0.29, 0.717) is 30.8 Å². The summed E-state index contributed by atoms with van der Waals surface area (Å²) in [5, 5.41) is 5.61. The number of hydrogen-bond donors (Lipinski definition) is 2. The number of aryl methyl sites for hydroxylation is 1. The Morgan fingerprint density at radius 2 is 1.81 bits per heavy atom. The number of hydrogen-bond acceptors (Lipinski definition) is 3. The number of amides is 2. The first-order valence-electron chi connectivity index (χ1n) is 10.2. The Bertz CT molecular complexity index is 1140. The average Bonchev–Trinajstić information content (AvgIpc) is 3.23. The van der Waals surface area contributed by atoms with Crippen LogP contribution in [0.5, 0.6) is 5.75 Å². The topological polar surface area (TPSA) is 67.4 Å². The molecule has 0 bridgehead atoms. The Balaban J connectivity index is 1.44. The maximum absolute atomic E-state index is 14.0. The van der Waals surface area contributed by atoms with E-state index in [-0.39, 0.29) is 11.5 Å². The van der Waals surface area contributed by atoms with Gasteiger partial charge < -0.3 is 15.4 Å². The van der Waals surface area contributed by atoms with Crippen LogP contribution in [0.15, 0.2) is 60.7 Å². The van der Waals surface area contributed by atoms with Crippen LogP contribution < -0.4 is 15.4 Å². The van der Waals surface area contributed by atoms with Crippen LogP contribution in [-0.4, -0.2) is 25.0 Å². The van der Waals surface area contributed by atoms with E-state index in [9.17, 15) is 14.0 Å². The van der Waals surface area contributed by atoms with Crippen LogP contribution >= 0.6 is 0 Å². The fourth-order valence-electron chi connectivity index (χ4n) is 3.66. The minimum Gasteiger partial charge on any atom is -0.493 e. The Hall–Kier alpha value is -3.67. The summed E-state index contributed by atoms with van der Waals surface area (Å²) in [6.45, 7) is 2.96. The van der Waals surface area contributed by atoms with Gasteiger partial charge in [-0.25, -0.2) is 4.39 Å². The standard InChI is InChI=1S/C25H23FN2O3/c1-16-5-4-7-20(23(16)28-25(30)19-6-2-3-8-21(19)26)24(29)27-13-11-17-9-10-22-18(15-17)12-14-31-22/h2-10,15H,11-14H2,1H3,(H,27,29)(H,28,30). The molecule has 3 aromatic rings. The second-order valence-electron chi connectivity index (χ2n) is 7.48. The van der Waals surface area contributed by atoms with Crippen LogP contribution in [0.1, 0.15) is 37.4 Å². The number of ether oxygens (including phenoxy) is 1. The largest absolute Gasteiger partial charge is 0.493 e. The van der Waals surface area contributed by atoms with Crippen LogP contribution in [-0.2, 0) is 12.8 Å². The molecule has 0 atom stereocenters. The van der Waals surface area contributed by atoms with Crippen molar-refractivity contribution in [1.82, 2.24) is 5.32 Å². The molecule has 31 heavy (non-hydrogen) atoms. The quantitative estimate of drug-likeness (QED) is 0.627. The molecule has 4 rings (SSSR count). The zero-order valence-electron chi connectivity index (χ0n) is 17.2. The number of anilines is 1. The summed E-state index contributed by atoms with van der Waals surface area (Å²) in [5.41, 5.74) is 3.69. The number of halogens is 1. The van der Waals surface area contributed by atoms with E-state index in [2.05, 4.69) is 16.7 Å². The van der Waals surface area contributed by atoms with E-state index >= 15 is 0 Å². The Kier molecular flexibility index (Phi) is 5.98. The molecule has 0 saturated heterocycles. The molecule has 0 saturated carbocycles. The molecule has 1 aliphatic rings. The van der Waals surface area contributed by atoms with Gasteiger partial charge in [0.05, 0.1) is 23.4 Å². The third-order valence-electron chi connectivity index (χ3n) is 5.33. The van der Waals surface area contributed by atoms with E-state index in [1.165, 1.54) is 23.8 Å². The molecule has 158 valence electrons. The molecule has 2 amide bonds. The number of rotatable bonds is 6. The molecule has 6 heteroatoms. The first kappa shape index (κ1) is 20.6. The number of para-hydroxylation sites is 1. The lowest BCUT2D eigenvalue weighted by Crippen LogP contribution is -2.27. The molecular formula is C25H23FN2O3. The van der Waals surface area contributed by atoms with Gasteiger partial charge in [0.1, 0.15) is 11.6 Å². The summed E-state index contributed by atoms with van der Waals surface area (Å²) in [6.07, 6.45) is 1.59. The van der Waals surface area contributed by atoms with Crippen molar-refractivity contribution in [2.75, 3.05) is 18.5 Å². The molecule has 0 spiro atoms. The zero-order valence-corrected chi connectivity index (χ0v) is 17.2. The lowest BCUT2D eigenvalue weighted by atomic mass is 10.1. The third kappa shape index (κ3) is 4.58. The minimum absolute atomic E-state index is 0.0716. The van der Waals surface area contributed by atoms with Crippen molar-refractivity contribution in [2.45, 2.75) is 19.8 Å². The Labute approximate surface area is 180 Å². The molecule has 0 aromatic heterocycles. The molecule has 1 heterocycles. The van der Waals surface area contributed by atoms with Crippen molar-refractivity contribution in [3.8, 4) is 5.75 Å². The summed E-state index contributed by atoms with van der Waals surface area (Å²) < 4.78 is 19.5. The molecule has 0 unspecified atom stereocenters. The number of nitrogens with one attached hydrogen (secondary N) is 2. The first-order chi connectivity index (χ1) is 15.0. The highest BCUT2D eigenvalue weighted by atomic mass is 19.1. The predicted molar refractivity (Wildman–Crippen MR) is 117 cm³/mol. The van der Waals surface area contributed by atoms with Gasteiger partial charge in [-0.3, -0.25) is 9.59 Å². The number of carbonyl (C=O) groups is 2. The summed E-state index contributed by atoms with van der Waals surface area (Å²) in [5.74, 6) is -0.569. The zero-order chi connectivity index (χ0) is 21.8. The fraction of sp³-hybridized carbons (Fsp3) is 0.200. The molecule has 1 aliphatic heterocycles. The molecule has 0 radical (unpaired) electrons. The molecule has 0 fully saturated rings. The molecule has 2 N–H and O–H groups in total. The highest BCUT2D eigenvalue weighted by molar-refractivity contribution is 6.09. The van der Waals surface area contributed by atoms with Gasteiger partial charge in [-0.15, -0.1) is 0 Å². The van der Waals surface area contributed by atoms with Crippen LogP contribution in [0, 0.1) is 12.7 Å². The average molecular weight is 418 g/mol. The highest BCUT2D eigenvalue weighted by Crippen LogP contribution is 2.26. The molecule has 5 nitrogen and oxygen atoms in total. The Morgan fingerprint density at radius 1 is 1.00 bits per heavy atom. The van der Waals surface area contributed by atoms with Crippen molar-refractivity contribution in [2.24, 2.45) is 0 Å². The van der Waals surface area contributed by atoms with Gasteiger partial charge in [-0.2, -0.15) is 0 Å². The van der Waals surface area contributed by atoms with Gasteiger partial charge in [-0.1, -0.05) is 36.4 Å². The second kappa shape index (κ2) is 9.00. The monoisotopic (exact) mass is 418 g/mol. The minimum atomic E-state index is -0.612. The van der Waals surface area contributed by atoms with Crippen molar-refractivity contribution >= 4 is 17.5 Å².